The first kappa shape index (κ1) is 15.8. The second-order valence-electron chi connectivity index (χ2n) is 5.40. The molecule has 5 nitrogen and oxygen atoms in total. The van der Waals surface area contributed by atoms with Gasteiger partial charge in [-0.2, -0.15) is 0 Å². The zero-order valence-corrected chi connectivity index (χ0v) is 12.7. The Kier molecular flexibility index (Phi) is 5.59. The molecule has 1 atom stereocenters. The molecule has 2 N–H and O–H groups in total. The van der Waals surface area contributed by atoms with Crippen molar-refractivity contribution in [2.75, 3.05) is 26.7 Å². The van der Waals surface area contributed by atoms with E-state index >= 15 is 0 Å². The molecule has 1 aliphatic rings. The molecule has 1 aliphatic heterocycles. The number of carbonyl (C=O) groups is 1. The quantitative estimate of drug-likeness (QED) is 0.830. The van der Waals surface area contributed by atoms with Gasteiger partial charge in [-0.25, -0.2) is 0 Å². The van der Waals surface area contributed by atoms with Crippen LogP contribution in [0.4, 0.5) is 0 Å². The molecule has 0 aliphatic carbocycles. The van der Waals surface area contributed by atoms with Crippen LogP contribution in [0, 0.1) is 0 Å². The Bertz CT molecular complexity index is 444. The molecule has 21 heavy (non-hydrogen) atoms. The second-order valence-corrected chi connectivity index (χ2v) is 5.40. The molecule has 1 unspecified atom stereocenters. The summed E-state index contributed by atoms with van der Waals surface area (Å²) in [5, 5.41) is 6.19. The molecule has 1 aromatic rings. The van der Waals surface area contributed by atoms with Crippen LogP contribution in [0.1, 0.15) is 19.8 Å². The minimum Gasteiger partial charge on any atom is -0.489 e. The van der Waals surface area contributed by atoms with Crippen LogP contribution >= 0.6 is 0 Å². The highest BCUT2D eigenvalue weighted by Crippen LogP contribution is 2.22. The maximum atomic E-state index is 12.4. The number of piperidine rings is 1. The summed E-state index contributed by atoms with van der Waals surface area (Å²) >= 11 is 0. The van der Waals surface area contributed by atoms with E-state index in [1.165, 1.54) is 0 Å². The topological polar surface area (TPSA) is 59.6 Å². The highest BCUT2D eigenvalue weighted by molar-refractivity contribution is 5.85. The van der Waals surface area contributed by atoms with E-state index in [1.54, 1.807) is 7.11 Å². The summed E-state index contributed by atoms with van der Waals surface area (Å²) in [6, 6.07) is 9.60. The van der Waals surface area contributed by atoms with Crippen molar-refractivity contribution in [3.05, 3.63) is 30.3 Å². The Morgan fingerprint density at radius 1 is 1.33 bits per heavy atom. The summed E-state index contributed by atoms with van der Waals surface area (Å²) in [5.74, 6) is 0.762. The smallest absolute Gasteiger partial charge is 0.252 e. The van der Waals surface area contributed by atoms with Gasteiger partial charge in [0.2, 0.25) is 0 Å². The molecule has 0 saturated carbocycles. The monoisotopic (exact) mass is 292 g/mol. The molecule has 2 rings (SSSR count). The molecule has 116 valence electrons. The lowest BCUT2D eigenvalue weighted by molar-refractivity contribution is -0.147. The van der Waals surface area contributed by atoms with Crippen molar-refractivity contribution in [2.24, 2.45) is 0 Å². The van der Waals surface area contributed by atoms with Gasteiger partial charge in [0.15, 0.2) is 0 Å². The minimum atomic E-state index is -0.697. The molecule has 0 spiro atoms. The van der Waals surface area contributed by atoms with Crippen molar-refractivity contribution in [2.45, 2.75) is 31.5 Å². The van der Waals surface area contributed by atoms with Gasteiger partial charge in [-0.3, -0.25) is 4.79 Å². The third-order valence-corrected chi connectivity index (χ3v) is 3.85. The van der Waals surface area contributed by atoms with E-state index < -0.39 is 5.60 Å². The predicted molar refractivity (Wildman–Crippen MR) is 81.4 cm³/mol. The molecule has 0 radical (unpaired) electrons. The molecule has 1 aromatic carbocycles. The molecular weight excluding hydrogens is 268 g/mol. The fraction of sp³-hybridized carbons (Fsp3) is 0.562. The number of amides is 1. The van der Waals surface area contributed by atoms with Crippen molar-refractivity contribution in [3.63, 3.8) is 0 Å². The summed E-state index contributed by atoms with van der Waals surface area (Å²) in [5.41, 5.74) is -0.697. The molecule has 1 saturated heterocycles. The second kappa shape index (κ2) is 7.43. The zero-order chi connectivity index (χ0) is 15.1. The van der Waals surface area contributed by atoms with E-state index in [4.69, 9.17) is 9.47 Å². The number of hydrogen-bond donors (Lipinski definition) is 2. The van der Waals surface area contributed by atoms with Gasteiger partial charge in [0.25, 0.3) is 5.91 Å². The third kappa shape index (κ3) is 4.19. The Labute approximate surface area is 126 Å². The Morgan fingerprint density at radius 3 is 2.62 bits per heavy atom. The number of ether oxygens (including phenoxy) is 2. The minimum absolute atomic E-state index is 0.0463. The molecule has 0 aromatic heterocycles. The summed E-state index contributed by atoms with van der Waals surface area (Å²) in [7, 11) is 1.61. The largest absolute Gasteiger partial charge is 0.489 e. The van der Waals surface area contributed by atoms with Gasteiger partial charge in [-0.05, 0) is 45.0 Å². The fourth-order valence-electron chi connectivity index (χ4n) is 2.53. The Morgan fingerprint density at radius 2 is 2.00 bits per heavy atom. The lowest BCUT2D eigenvalue weighted by atomic mass is 9.91. The van der Waals surface area contributed by atoms with Gasteiger partial charge in [0.05, 0.1) is 6.54 Å². The lowest BCUT2D eigenvalue weighted by Crippen LogP contribution is -2.55. The van der Waals surface area contributed by atoms with Crippen molar-refractivity contribution in [1.82, 2.24) is 10.6 Å². The average Bonchev–Trinajstić information content (AvgIpc) is 2.54. The van der Waals surface area contributed by atoms with Gasteiger partial charge < -0.3 is 20.1 Å². The number of hydrogen-bond acceptors (Lipinski definition) is 4. The fourth-order valence-corrected chi connectivity index (χ4v) is 2.53. The number of benzene rings is 1. The third-order valence-electron chi connectivity index (χ3n) is 3.85. The zero-order valence-electron chi connectivity index (χ0n) is 12.7. The Hall–Kier alpha value is -1.59. The highest BCUT2D eigenvalue weighted by atomic mass is 16.5. The first-order valence-corrected chi connectivity index (χ1v) is 7.42. The van der Waals surface area contributed by atoms with Crippen molar-refractivity contribution in [1.29, 1.82) is 0 Å². The van der Waals surface area contributed by atoms with Gasteiger partial charge >= 0.3 is 0 Å². The SMILES string of the molecule is COC1(C(=O)NCC(C)Oc2ccccc2)CCNCC1. The van der Waals surface area contributed by atoms with Crippen molar-refractivity contribution < 1.29 is 14.3 Å². The maximum Gasteiger partial charge on any atom is 0.252 e. The van der Waals surface area contributed by atoms with E-state index in [9.17, 15) is 4.79 Å². The molecule has 1 fully saturated rings. The van der Waals surface area contributed by atoms with Gasteiger partial charge in [-0.15, -0.1) is 0 Å². The first-order chi connectivity index (χ1) is 10.2. The van der Waals surface area contributed by atoms with Crippen LogP contribution in [0.2, 0.25) is 0 Å². The van der Waals surface area contributed by atoms with E-state index in [0.717, 1.165) is 18.8 Å². The number of nitrogens with one attached hydrogen (secondary N) is 2. The van der Waals surface area contributed by atoms with Crippen LogP contribution in [-0.2, 0) is 9.53 Å². The molecule has 1 amide bonds. The molecule has 5 heteroatoms. The molecule has 0 bridgehead atoms. The maximum absolute atomic E-state index is 12.4. The number of methoxy groups -OCH3 is 1. The van der Waals surface area contributed by atoms with E-state index in [-0.39, 0.29) is 12.0 Å². The van der Waals surface area contributed by atoms with Crippen molar-refractivity contribution >= 4 is 5.91 Å². The first-order valence-electron chi connectivity index (χ1n) is 7.42. The van der Waals surface area contributed by atoms with Crippen LogP contribution in [-0.4, -0.2) is 44.4 Å². The summed E-state index contributed by atoms with van der Waals surface area (Å²) in [4.78, 5) is 12.4. The van der Waals surface area contributed by atoms with Crippen LogP contribution < -0.4 is 15.4 Å². The predicted octanol–water partition coefficient (Wildman–Crippen LogP) is 1.34. The molecule has 1 heterocycles. The molecular formula is C16H24N2O3. The van der Waals surface area contributed by atoms with E-state index in [2.05, 4.69) is 10.6 Å². The number of rotatable bonds is 6. The van der Waals surface area contributed by atoms with Gasteiger partial charge in [0, 0.05) is 7.11 Å². The van der Waals surface area contributed by atoms with E-state index in [0.29, 0.717) is 19.4 Å². The summed E-state index contributed by atoms with van der Waals surface area (Å²) < 4.78 is 11.2. The lowest BCUT2D eigenvalue weighted by Gasteiger charge is -2.35. The van der Waals surface area contributed by atoms with Crippen LogP contribution in [0.25, 0.3) is 0 Å². The highest BCUT2D eigenvalue weighted by Gasteiger charge is 2.39. The normalized spacial score (nSPS) is 18.8. The average molecular weight is 292 g/mol. The van der Waals surface area contributed by atoms with E-state index in [1.807, 2.05) is 37.3 Å². The standard InChI is InChI=1S/C16H24N2O3/c1-13(21-14-6-4-3-5-7-14)12-18-15(19)16(20-2)8-10-17-11-9-16/h3-7,13,17H,8-12H2,1-2H3,(H,18,19). The summed E-state index contributed by atoms with van der Waals surface area (Å²) in [6.07, 6.45) is 1.30. The van der Waals surface area contributed by atoms with Crippen LogP contribution in [0.5, 0.6) is 5.75 Å². The van der Waals surface area contributed by atoms with Crippen molar-refractivity contribution in [3.8, 4) is 5.75 Å². The summed E-state index contributed by atoms with van der Waals surface area (Å²) in [6.45, 7) is 4.01. The van der Waals surface area contributed by atoms with Crippen LogP contribution in [0.3, 0.4) is 0 Å². The van der Waals surface area contributed by atoms with Gasteiger partial charge in [0.1, 0.15) is 17.5 Å². The van der Waals surface area contributed by atoms with Gasteiger partial charge in [-0.1, -0.05) is 18.2 Å². The number of para-hydroxylation sites is 1. The Balaban J connectivity index is 1.82. The van der Waals surface area contributed by atoms with Crippen LogP contribution in [0.15, 0.2) is 30.3 Å². The number of carbonyl (C=O) groups excluding carboxylic acids is 1.